The third kappa shape index (κ3) is 5.83. The Labute approximate surface area is 170 Å². The Hall–Kier alpha value is -1.84. The average molecular weight is 385 g/mol. The van der Waals surface area contributed by atoms with Crippen LogP contribution in [0.15, 0.2) is 29.4 Å². The minimum absolute atomic E-state index is 0.000258. The zero-order chi connectivity index (χ0) is 20.0. The summed E-state index contributed by atoms with van der Waals surface area (Å²) in [7, 11) is 0. The van der Waals surface area contributed by atoms with Gasteiger partial charge in [-0.2, -0.15) is 5.10 Å². The molecule has 0 radical (unpaired) electrons. The number of hydrazone groups is 1. The maximum Gasteiger partial charge on any atom is 0.277 e. The number of carbonyl (C=O) groups is 1. The van der Waals surface area contributed by atoms with Crippen molar-refractivity contribution >= 4 is 11.6 Å². The lowest BCUT2D eigenvalue weighted by molar-refractivity contribution is -0.123. The highest BCUT2D eigenvalue weighted by molar-refractivity contribution is 5.89. The zero-order valence-electron chi connectivity index (χ0n) is 17.8. The summed E-state index contributed by atoms with van der Waals surface area (Å²) in [4.78, 5) is 12.2. The molecule has 0 bridgehead atoms. The first-order chi connectivity index (χ1) is 13.4. The van der Waals surface area contributed by atoms with E-state index in [0.29, 0.717) is 11.7 Å². The highest BCUT2D eigenvalue weighted by atomic mass is 16.5. The Morgan fingerprint density at radius 1 is 1.04 bits per heavy atom. The van der Waals surface area contributed by atoms with Gasteiger partial charge in [-0.1, -0.05) is 58.6 Å². The molecule has 154 valence electrons. The van der Waals surface area contributed by atoms with E-state index in [4.69, 9.17) is 4.74 Å². The van der Waals surface area contributed by atoms with Crippen LogP contribution in [0, 0.1) is 11.8 Å². The van der Waals surface area contributed by atoms with Crippen molar-refractivity contribution in [1.29, 1.82) is 0 Å². The number of amides is 1. The number of rotatable bonds is 5. The molecule has 0 saturated heterocycles. The summed E-state index contributed by atoms with van der Waals surface area (Å²) in [5.41, 5.74) is 5.32. The van der Waals surface area contributed by atoms with Crippen LogP contribution in [0.5, 0.6) is 5.75 Å². The van der Waals surface area contributed by atoms with E-state index < -0.39 is 0 Å². The maximum absolute atomic E-state index is 12.2. The van der Waals surface area contributed by atoms with Crippen LogP contribution in [-0.4, -0.2) is 18.2 Å². The molecule has 0 aliphatic heterocycles. The smallest absolute Gasteiger partial charge is 0.277 e. The minimum atomic E-state index is -0.180. The Morgan fingerprint density at radius 3 is 2.39 bits per heavy atom. The number of ether oxygens (including phenoxy) is 1. The summed E-state index contributed by atoms with van der Waals surface area (Å²) in [6.45, 7) is 6.55. The number of benzene rings is 1. The fourth-order valence-corrected chi connectivity index (χ4v) is 4.57. The molecule has 2 aliphatic carbocycles. The first kappa shape index (κ1) is 20.9. The molecule has 1 aromatic carbocycles. The Balaban J connectivity index is 1.50. The van der Waals surface area contributed by atoms with E-state index >= 15 is 0 Å². The predicted octanol–water partition coefficient (Wildman–Crippen LogP) is 5.61. The first-order valence-electron chi connectivity index (χ1n) is 11.0. The summed E-state index contributed by atoms with van der Waals surface area (Å²) in [5, 5.41) is 4.54. The molecular formula is C24H36N2O2. The number of nitrogens with zero attached hydrogens (tertiary/aromatic N) is 1. The number of hydrogen-bond donors (Lipinski definition) is 1. The quantitative estimate of drug-likeness (QED) is 0.671. The fraction of sp³-hybridized carbons (Fsp3) is 0.667. The molecule has 2 fully saturated rings. The molecule has 4 nitrogen and oxygen atoms in total. The van der Waals surface area contributed by atoms with Crippen molar-refractivity contribution in [3.05, 3.63) is 29.8 Å². The van der Waals surface area contributed by atoms with E-state index in [9.17, 15) is 4.79 Å². The minimum Gasteiger partial charge on any atom is -0.484 e. The number of nitrogens with one attached hydrogen (secondary N) is 1. The van der Waals surface area contributed by atoms with Crippen LogP contribution >= 0.6 is 0 Å². The van der Waals surface area contributed by atoms with Crippen LogP contribution in [0.3, 0.4) is 0 Å². The molecule has 0 spiro atoms. The normalized spacial score (nSPS) is 22.8. The van der Waals surface area contributed by atoms with Gasteiger partial charge < -0.3 is 4.74 Å². The fourth-order valence-electron chi connectivity index (χ4n) is 4.57. The molecule has 28 heavy (non-hydrogen) atoms. The van der Waals surface area contributed by atoms with Crippen LogP contribution in [-0.2, 0) is 10.2 Å². The van der Waals surface area contributed by atoms with E-state index in [1.165, 1.54) is 62.6 Å². The van der Waals surface area contributed by atoms with Gasteiger partial charge in [0.25, 0.3) is 5.91 Å². The van der Waals surface area contributed by atoms with Crippen LogP contribution in [0.25, 0.3) is 0 Å². The van der Waals surface area contributed by atoms with Crippen LogP contribution < -0.4 is 10.2 Å². The molecule has 1 N–H and O–H groups in total. The molecule has 0 aromatic heterocycles. The summed E-state index contributed by atoms with van der Waals surface area (Å²) >= 11 is 0. The van der Waals surface area contributed by atoms with Crippen LogP contribution in [0.1, 0.15) is 84.1 Å². The predicted molar refractivity (Wildman–Crippen MR) is 115 cm³/mol. The third-order valence-electron chi connectivity index (χ3n) is 6.26. The SMILES string of the molecule is CC(C)(C)c1ccc(OCC(=O)N/N=C2/CCCC[C@H]2C2CCCCC2)cc1. The summed E-state index contributed by atoms with van der Waals surface area (Å²) in [5.74, 6) is 1.87. The largest absolute Gasteiger partial charge is 0.484 e. The van der Waals surface area contributed by atoms with Crippen molar-refractivity contribution in [2.75, 3.05) is 6.61 Å². The highest BCUT2D eigenvalue weighted by Crippen LogP contribution is 2.36. The third-order valence-corrected chi connectivity index (χ3v) is 6.26. The van der Waals surface area contributed by atoms with Crippen molar-refractivity contribution in [3.63, 3.8) is 0 Å². The summed E-state index contributed by atoms with van der Waals surface area (Å²) in [6, 6.07) is 7.98. The highest BCUT2D eigenvalue weighted by Gasteiger charge is 2.29. The second-order valence-electron chi connectivity index (χ2n) is 9.45. The van der Waals surface area contributed by atoms with E-state index in [1.807, 2.05) is 12.1 Å². The standard InChI is InChI=1S/C24H36N2O2/c1-24(2,3)19-13-15-20(16-14-19)28-17-23(27)26-25-22-12-8-7-11-21(22)18-9-5-4-6-10-18/h13-16,18,21H,4-12,17H2,1-3H3,(H,26,27)/b25-22-/t21-/m0/s1. The molecule has 3 rings (SSSR count). The van der Waals surface area contributed by atoms with Gasteiger partial charge in [0.1, 0.15) is 5.75 Å². The second-order valence-corrected chi connectivity index (χ2v) is 9.45. The van der Waals surface area contributed by atoms with Crippen molar-refractivity contribution < 1.29 is 9.53 Å². The Morgan fingerprint density at radius 2 is 1.71 bits per heavy atom. The first-order valence-corrected chi connectivity index (χ1v) is 11.0. The Kier molecular flexibility index (Phi) is 7.14. The number of carbonyl (C=O) groups excluding carboxylic acids is 1. The van der Waals surface area contributed by atoms with E-state index in [1.54, 1.807) is 0 Å². The lowest BCUT2D eigenvalue weighted by atomic mass is 9.72. The van der Waals surface area contributed by atoms with Crippen molar-refractivity contribution in [2.45, 2.75) is 84.0 Å². The van der Waals surface area contributed by atoms with Crippen LogP contribution in [0.2, 0.25) is 0 Å². The molecule has 1 atom stereocenters. The maximum atomic E-state index is 12.2. The Bertz CT molecular complexity index is 667. The summed E-state index contributed by atoms with van der Waals surface area (Å²) < 4.78 is 5.64. The summed E-state index contributed by atoms with van der Waals surface area (Å²) in [6.07, 6.45) is 11.5. The van der Waals surface area contributed by atoms with Gasteiger partial charge in [0, 0.05) is 11.6 Å². The van der Waals surface area contributed by atoms with Gasteiger partial charge in [0.15, 0.2) is 6.61 Å². The molecule has 0 unspecified atom stereocenters. The van der Waals surface area contributed by atoms with E-state index in [2.05, 4.69) is 43.4 Å². The molecule has 0 heterocycles. The second kappa shape index (κ2) is 9.58. The van der Waals surface area contributed by atoms with Gasteiger partial charge >= 0.3 is 0 Å². The molecule has 2 saturated carbocycles. The average Bonchev–Trinajstić information content (AvgIpc) is 2.71. The monoisotopic (exact) mass is 384 g/mol. The van der Waals surface area contributed by atoms with E-state index in [0.717, 1.165) is 12.3 Å². The molecule has 1 amide bonds. The zero-order valence-corrected chi connectivity index (χ0v) is 17.8. The van der Waals surface area contributed by atoms with Crippen LogP contribution in [0.4, 0.5) is 0 Å². The van der Waals surface area contributed by atoms with Gasteiger partial charge in [-0.3, -0.25) is 4.79 Å². The lowest BCUT2D eigenvalue weighted by Gasteiger charge is -2.33. The van der Waals surface area contributed by atoms with Gasteiger partial charge in [-0.25, -0.2) is 5.43 Å². The van der Waals surface area contributed by atoms with Gasteiger partial charge in [0.2, 0.25) is 0 Å². The lowest BCUT2D eigenvalue weighted by Crippen LogP contribution is -2.32. The molecule has 2 aliphatic rings. The topological polar surface area (TPSA) is 50.7 Å². The molecular weight excluding hydrogens is 348 g/mol. The van der Waals surface area contributed by atoms with Gasteiger partial charge in [-0.15, -0.1) is 0 Å². The molecule has 4 heteroatoms. The van der Waals surface area contributed by atoms with Crippen molar-refractivity contribution in [3.8, 4) is 5.75 Å². The van der Waals surface area contributed by atoms with Crippen molar-refractivity contribution in [2.24, 2.45) is 16.9 Å². The number of hydrogen-bond acceptors (Lipinski definition) is 3. The van der Waals surface area contributed by atoms with Gasteiger partial charge in [-0.05, 0) is 61.1 Å². The van der Waals surface area contributed by atoms with E-state index in [-0.39, 0.29) is 17.9 Å². The van der Waals surface area contributed by atoms with Crippen molar-refractivity contribution in [1.82, 2.24) is 5.43 Å². The van der Waals surface area contributed by atoms with Gasteiger partial charge in [0.05, 0.1) is 0 Å². The molecule has 1 aromatic rings.